The molecule has 0 radical (unpaired) electrons. The molecule has 21 heavy (non-hydrogen) atoms. The van der Waals surface area contributed by atoms with Gasteiger partial charge in [-0.15, -0.1) is 0 Å². The maximum absolute atomic E-state index is 13.5. The summed E-state index contributed by atoms with van der Waals surface area (Å²) in [5.41, 5.74) is 2.60. The maximum Gasteiger partial charge on any atom is 0.126 e. The molecule has 1 aromatic carbocycles. The molecule has 0 spiro atoms. The van der Waals surface area contributed by atoms with Gasteiger partial charge in [-0.3, -0.25) is 4.98 Å². The third kappa shape index (κ3) is 2.71. The second kappa shape index (κ2) is 5.51. The lowest BCUT2D eigenvalue weighted by molar-refractivity contribution is 0.626. The first-order chi connectivity index (χ1) is 10.2. The Labute approximate surface area is 129 Å². The molecule has 3 aromatic rings. The van der Waals surface area contributed by atoms with Crippen molar-refractivity contribution in [2.75, 3.05) is 0 Å². The van der Waals surface area contributed by atoms with Gasteiger partial charge in [0.15, 0.2) is 0 Å². The van der Waals surface area contributed by atoms with Crippen molar-refractivity contribution in [3.05, 3.63) is 70.8 Å². The molecule has 5 heteroatoms. The zero-order valence-corrected chi connectivity index (χ0v) is 12.4. The molecule has 0 saturated heterocycles. The first-order valence-electron chi connectivity index (χ1n) is 6.17. The van der Waals surface area contributed by atoms with E-state index in [1.165, 1.54) is 12.1 Å². The number of pyridine rings is 1. The van der Waals surface area contributed by atoms with Crippen LogP contribution in [0.2, 0.25) is 0 Å². The van der Waals surface area contributed by atoms with Gasteiger partial charge < -0.3 is 4.57 Å². The third-order valence-electron chi connectivity index (χ3n) is 3.03. The van der Waals surface area contributed by atoms with Crippen LogP contribution in [0.4, 0.5) is 4.39 Å². The molecule has 0 aliphatic carbocycles. The Morgan fingerprint density at radius 1 is 1.19 bits per heavy atom. The molecule has 0 aliphatic rings. The molecule has 0 saturated carbocycles. The lowest BCUT2D eigenvalue weighted by Crippen LogP contribution is -1.92. The van der Waals surface area contributed by atoms with Gasteiger partial charge in [0.05, 0.1) is 17.3 Å². The van der Waals surface area contributed by atoms with E-state index in [4.69, 9.17) is 5.26 Å². The monoisotopic (exact) mass is 341 g/mol. The Morgan fingerprint density at radius 2 is 2.05 bits per heavy atom. The van der Waals surface area contributed by atoms with Gasteiger partial charge in [0.1, 0.15) is 5.82 Å². The average molecular weight is 342 g/mol. The molecule has 0 fully saturated rings. The molecule has 3 rings (SSSR count). The van der Waals surface area contributed by atoms with E-state index in [9.17, 15) is 4.39 Å². The zero-order valence-electron chi connectivity index (χ0n) is 10.8. The van der Waals surface area contributed by atoms with Crippen LogP contribution < -0.4 is 0 Å². The van der Waals surface area contributed by atoms with Gasteiger partial charge in [-0.2, -0.15) is 5.26 Å². The molecular weight excluding hydrogens is 333 g/mol. The number of benzene rings is 1. The van der Waals surface area contributed by atoms with E-state index in [0.29, 0.717) is 5.69 Å². The summed E-state index contributed by atoms with van der Waals surface area (Å²) in [7, 11) is 0. The minimum atomic E-state index is -0.437. The van der Waals surface area contributed by atoms with Crippen molar-refractivity contribution in [3.63, 3.8) is 0 Å². The highest BCUT2D eigenvalue weighted by atomic mass is 79.9. The van der Waals surface area contributed by atoms with Crippen LogP contribution in [0.25, 0.3) is 16.9 Å². The van der Waals surface area contributed by atoms with Gasteiger partial charge in [0.25, 0.3) is 0 Å². The van der Waals surface area contributed by atoms with Gasteiger partial charge in [0.2, 0.25) is 0 Å². The minimum absolute atomic E-state index is 0.286. The smallest absolute Gasteiger partial charge is 0.126 e. The summed E-state index contributed by atoms with van der Waals surface area (Å²) in [5, 5.41) is 8.93. The van der Waals surface area contributed by atoms with Gasteiger partial charge in [-0.25, -0.2) is 4.39 Å². The van der Waals surface area contributed by atoms with Crippen molar-refractivity contribution in [1.82, 2.24) is 9.55 Å². The van der Waals surface area contributed by atoms with E-state index < -0.39 is 5.82 Å². The van der Waals surface area contributed by atoms with Crippen molar-refractivity contribution in [2.45, 2.75) is 0 Å². The fourth-order valence-electron chi connectivity index (χ4n) is 2.08. The fourth-order valence-corrected chi connectivity index (χ4v) is 2.60. The molecule has 102 valence electrons. The van der Waals surface area contributed by atoms with E-state index in [1.807, 2.05) is 36.7 Å². The molecular formula is C16H9BrFN3. The molecule has 0 atom stereocenters. The highest BCUT2D eigenvalue weighted by Crippen LogP contribution is 2.29. The Balaban J connectivity index is 2.10. The second-order valence-corrected chi connectivity index (χ2v) is 5.31. The Hall–Kier alpha value is -2.45. The lowest BCUT2D eigenvalue weighted by Gasteiger charge is -2.03. The number of nitriles is 1. The number of halogens is 2. The number of nitrogens with zero attached hydrogens (tertiary/aromatic N) is 3. The number of aromatic nitrogens is 2. The van der Waals surface area contributed by atoms with E-state index >= 15 is 0 Å². The first-order valence-corrected chi connectivity index (χ1v) is 6.96. The van der Waals surface area contributed by atoms with Crippen LogP contribution in [0.5, 0.6) is 0 Å². The van der Waals surface area contributed by atoms with Crippen LogP contribution in [-0.2, 0) is 0 Å². The molecule has 0 bridgehead atoms. The highest BCUT2D eigenvalue weighted by Gasteiger charge is 2.10. The Morgan fingerprint density at radius 3 is 2.76 bits per heavy atom. The van der Waals surface area contributed by atoms with Crippen LogP contribution in [0.1, 0.15) is 5.56 Å². The average Bonchev–Trinajstić information content (AvgIpc) is 2.89. The molecule has 0 aliphatic heterocycles. The van der Waals surface area contributed by atoms with Crippen molar-refractivity contribution in [2.24, 2.45) is 0 Å². The maximum atomic E-state index is 13.5. The summed E-state index contributed by atoms with van der Waals surface area (Å²) in [6.07, 6.45) is 5.39. The highest BCUT2D eigenvalue weighted by molar-refractivity contribution is 9.10. The summed E-state index contributed by atoms with van der Waals surface area (Å²) < 4.78 is 16.2. The third-order valence-corrected chi connectivity index (χ3v) is 3.66. The Kier molecular flexibility index (Phi) is 3.55. The SMILES string of the molecule is N#Cc1cc(F)cc(-n2cc(Br)c(-c3ccccn3)c2)c1. The number of rotatable bonds is 2. The summed E-state index contributed by atoms with van der Waals surface area (Å²) in [5.74, 6) is -0.437. The minimum Gasteiger partial charge on any atom is -0.322 e. The van der Waals surface area contributed by atoms with Crippen LogP contribution in [0.3, 0.4) is 0 Å². The van der Waals surface area contributed by atoms with E-state index in [1.54, 1.807) is 16.8 Å². The van der Waals surface area contributed by atoms with E-state index in [0.717, 1.165) is 15.7 Å². The largest absolute Gasteiger partial charge is 0.322 e. The number of hydrogen-bond acceptors (Lipinski definition) is 2. The van der Waals surface area contributed by atoms with Crippen molar-refractivity contribution in [3.8, 4) is 23.0 Å². The van der Waals surface area contributed by atoms with Crippen molar-refractivity contribution < 1.29 is 4.39 Å². The molecule has 3 nitrogen and oxygen atoms in total. The number of hydrogen-bond donors (Lipinski definition) is 0. The summed E-state index contributed by atoms with van der Waals surface area (Å²) in [6, 6.07) is 11.8. The zero-order chi connectivity index (χ0) is 14.8. The van der Waals surface area contributed by atoms with E-state index in [-0.39, 0.29) is 5.56 Å². The molecule has 0 N–H and O–H groups in total. The topological polar surface area (TPSA) is 41.6 Å². The second-order valence-electron chi connectivity index (χ2n) is 4.45. The van der Waals surface area contributed by atoms with Crippen molar-refractivity contribution >= 4 is 15.9 Å². The van der Waals surface area contributed by atoms with Crippen LogP contribution in [0.15, 0.2) is 59.5 Å². The van der Waals surface area contributed by atoms with E-state index in [2.05, 4.69) is 20.9 Å². The van der Waals surface area contributed by atoms with Gasteiger partial charge in [0, 0.05) is 34.3 Å². The summed E-state index contributed by atoms with van der Waals surface area (Å²) in [6.45, 7) is 0. The van der Waals surface area contributed by atoms with Crippen LogP contribution >= 0.6 is 15.9 Å². The first kappa shape index (κ1) is 13.5. The van der Waals surface area contributed by atoms with Gasteiger partial charge in [-0.05, 0) is 46.3 Å². The van der Waals surface area contributed by atoms with Crippen LogP contribution in [-0.4, -0.2) is 9.55 Å². The summed E-state index contributed by atoms with van der Waals surface area (Å²) >= 11 is 3.49. The van der Waals surface area contributed by atoms with Crippen molar-refractivity contribution in [1.29, 1.82) is 5.26 Å². The molecule has 0 amide bonds. The predicted octanol–water partition coefficient (Wildman–Crippen LogP) is 4.31. The predicted molar refractivity (Wildman–Crippen MR) is 81.4 cm³/mol. The molecule has 2 heterocycles. The standard InChI is InChI=1S/C16H9BrFN3/c17-15-10-21(9-14(15)16-3-1-2-4-20-16)13-6-11(8-19)5-12(18)7-13/h1-7,9-10H. The summed E-state index contributed by atoms with van der Waals surface area (Å²) in [4.78, 5) is 4.30. The normalized spacial score (nSPS) is 10.3. The Bertz CT molecular complexity index is 834. The quantitative estimate of drug-likeness (QED) is 0.696. The fraction of sp³-hybridized carbons (Fsp3) is 0. The molecule has 0 unspecified atom stereocenters. The van der Waals surface area contributed by atoms with Gasteiger partial charge >= 0.3 is 0 Å². The lowest BCUT2D eigenvalue weighted by atomic mass is 10.2. The van der Waals surface area contributed by atoms with Gasteiger partial charge in [-0.1, -0.05) is 6.07 Å². The molecule has 2 aromatic heterocycles. The van der Waals surface area contributed by atoms with Crippen LogP contribution in [0, 0.1) is 17.1 Å².